The summed E-state index contributed by atoms with van der Waals surface area (Å²) in [6.45, 7) is 4.55. The van der Waals surface area contributed by atoms with Crippen LogP contribution in [0.25, 0.3) is 0 Å². The zero-order chi connectivity index (χ0) is 13.1. The van der Waals surface area contributed by atoms with Crippen molar-refractivity contribution in [3.05, 3.63) is 11.4 Å². The molecule has 0 bridgehead atoms. The average Bonchev–Trinajstić information content (AvgIpc) is 2.92. The van der Waals surface area contributed by atoms with E-state index in [1.54, 1.807) is 4.68 Å². The maximum absolute atomic E-state index is 11.8. The molecule has 1 atom stereocenters. The molecule has 1 fully saturated rings. The standard InChI is InChI=1S/C13H20N2O3/c1-9-13(10(2)15(3)14-9)18-12(16)7-6-11-5-4-8-17-11/h11H,4-8H2,1-3H3/t11-/m1/s1. The molecule has 18 heavy (non-hydrogen) atoms. The van der Waals surface area contributed by atoms with Gasteiger partial charge in [-0.25, -0.2) is 0 Å². The average molecular weight is 252 g/mol. The fourth-order valence-corrected chi connectivity index (χ4v) is 2.22. The number of carbonyl (C=O) groups is 1. The Labute approximate surface area is 107 Å². The second-order valence-corrected chi connectivity index (χ2v) is 4.77. The lowest BCUT2D eigenvalue weighted by Gasteiger charge is -2.08. The van der Waals surface area contributed by atoms with Crippen molar-refractivity contribution >= 4 is 5.97 Å². The Bertz CT molecular complexity index is 434. The third-order valence-corrected chi connectivity index (χ3v) is 3.35. The monoisotopic (exact) mass is 252 g/mol. The highest BCUT2D eigenvalue weighted by molar-refractivity contribution is 5.72. The van der Waals surface area contributed by atoms with Crippen LogP contribution in [0.4, 0.5) is 0 Å². The van der Waals surface area contributed by atoms with Crippen LogP contribution in [0, 0.1) is 13.8 Å². The molecule has 100 valence electrons. The predicted molar refractivity (Wildman–Crippen MR) is 66.5 cm³/mol. The zero-order valence-corrected chi connectivity index (χ0v) is 11.2. The van der Waals surface area contributed by atoms with E-state index in [4.69, 9.17) is 9.47 Å². The molecular weight excluding hydrogens is 232 g/mol. The first-order valence-electron chi connectivity index (χ1n) is 6.40. The number of nitrogens with zero attached hydrogens (tertiary/aromatic N) is 2. The number of rotatable bonds is 4. The quantitative estimate of drug-likeness (QED) is 0.768. The van der Waals surface area contributed by atoms with E-state index < -0.39 is 0 Å². The molecule has 0 aromatic carbocycles. The molecule has 0 spiro atoms. The SMILES string of the molecule is Cc1nn(C)c(C)c1OC(=O)CC[C@H]1CCCO1. The van der Waals surface area contributed by atoms with Gasteiger partial charge in [0, 0.05) is 20.1 Å². The summed E-state index contributed by atoms with van der Waals surface area (Å²) in [5, 5.41) is 4.22. The summed E-state index contributed by atoms with van der Waals surface area (Å²) in [5.41, 5.74) is 1.62. The van der Waals surface area contributed by atoms with Gasteiger partial charge in [0.05, 0.1) is 11.8 Å². The molecule has 1 aliphatic heterocycles. The summed E-state index contributed by atoms with van der Waals surface area (Å²) in [5.74, 6) is 0.388. The van der Waals surface area contributed by atoms with Gasteiger partial charge in [0.25, 0.3) is 0 Å². The summed E-state index contributed by atoms with van der Waals surface area (Å²) >= 11 is 0. The van der Waals surface area contributed by atoms with Crippen LogP contribution in [-0.4, -0.2) is 28.5 Å². The van der Waals surface area contributed by atoms with Crippen molar-refractivity contribution in [3.8, 4) is 5.75 Å². The van der Waals surface area contributed by atoms with Crippen LogP contribution in [0.2, 0.25) is 0 Å². The second kappa shape index (κ2) is 5.52. The molecule has 5 heteroatoms. The smallest absolute Gasteiger partial charge is 0.311 e. The van der Waals surface area contributed by atoms with Crippen LogP contribution in [0.3, 0.4) is 0 Å². The van der Waals surface area contributed by atoms with Gasteiger partial charge >= 0.3 is 5.97 Å². The van der Waals surface area contributed by atoms with E-state index in [2.05, 4.69) is 5.10 Å². The number of aromatic nitrogens is 2. The molecule has 0 radical (unpaired) electrons. The zero-order valence-electron chi connectivity index (χ0n) is 11.2. The highest BCUT2D eigenvalue weighted by Gasteiger charge is 2.19. The van der Waals surface area contributed by atoms with Crippen LogP contribution in [0.1, 0.15) is 37.1 Å². The van der Waals surface area contributed by atoms with Crippen LogP contribution in [0.15, 0.2) is 0 Å². The molecule has 2 rings (SSSR count). The molecule has 0 N–H and O–H groups in total. The third kappa shape index (κ3) is 2.90. The molecular formula is C13H20N2O3. The van der Waals surface area contributed by atoms with E-state index in [0.717, 1.165) is 37.3 Å². The lowest BCUT2D eigenvalue weighted by molar-refractivity contribution is -0.135. The molecule has 2 heterocycles. The van der Waals surface area contributed by atoms with Crippen molar-refractivity contribution in [2.45, 2.75) is 45.6 Å². The summed E-state index contributed by atoms with van der Waals surface area (Å²) in [6.07, 6.45) is 3.53. The summed E-state index contributed by atoms with van der Waals surface area (Å²) in [7, 11) is 1.84. The topological polar surface area (TPSA) is 53.4 Å². The van der Waals surface area contributed by atoms with Gasteiger partial charge in [-0.15, -0.1) is 0 Å². The van der Waals surface area contributed by atoms with Gasteiger partial charge in [0.1, 0.15) is 5.69 Å². The second-order valence-electron chi connectivity index (χ2n) is 4.77. The Kier molecular flexibility index (Phi) is 4.01. The minimum absolute atomic E-state index is 0.204. The van der Waals surface area contributed by atoms with E-state index in [1.807, 2.05) is 20.9 Å². The number of hydrogen-bond donors (Lipinski definition) is 0. The van der Waals surface area contributed by atoms with E-state index in [-0.39, 0.29) is 12.1 Å². The Morgan fingerprint density at radius 1 is 1.56 bits per heavy atom. The first kappa shape index (κ1) is 13.1. The van der Waals surface area contributed by atoms with Gasteiger partial charge in [-0.1, -0.05) is 0 Å². The minimum atomic E-state index is -0.204. The van der Waals surface area contributed by atoms with E-state index >= 15 is 0 Å². The van der Waals surface area contributed by atoms with Crippen LogP contribution >= 0.6 is 0 Å². The van der Waals surface area contributed by atoms with Gasteiger partial charge in [0.2, 0.25) is 0 Å². The van der Waals surface area contributed by atoms with Crippen molar-refractivity contribution in [1.29, 1.82) is 0 Å². The lowest BCUT2D eigenvalue weighted by atomic mass is 10.1. The van der Waals surface area contributed by atoms with Crippen LogP contribution < -0.4 is 4.74 Å². The molecule has 0 unspecified atom stereocenters. The van der Waals surface area contributed by atoms with Crippen molar-refractivity contribution < 1.29 is 14.3 Å². The van der Waals surface area contributed by atoms with Gasteiger partial charge in [-0.05, 0) is 33.1 Å². The fourth-order valence-electron chi connectivity index (χ4n) is 2.22. The molecule has 0 saturated carbocycles. The number of esters is 1. The molecule has 1 saturated heterocycles. The number of ether oxygens (including phenoxy) is 2. The number of carbonyl (C=O) groups excluding carboxylic acids is 1. The van der Waals surface area contributed by atoms with Crippen LogP contribution in [-0.2, 0) is 16.6 Å². The van der Waals surface area contributed by atoms with E-state index in [9.17, 15) is 4.79 Å². The largest absolute Gasteiger partial charge is 0.423 e. The van der Waals surface area contributed by atoms with Crippen molar-refractivity contribution in [2.24, 2.45) is 7.05 Å². The summed E-state index contributed by atoms with van der Waals surface area (Å²) in [6, 6.07) is 0. The molecule has 0 amide bonds. The molecule has 1 aromatic rings. The first-order chi connectivity index (χ1) is 8.58. The summed E-state index contributed by atoms with van der Waals surface area (Å²) < 4.78 is 12.6. The lowest BCUT2D eigenvalue weighted by Crippen LogP contribution is -2.13. The van der Waals surface area contributed by atoms with Gasteiger partial charge < -0.3 is 9.47 Å². The first-order valence-corrected chi connectivity index (χ1v) is 6.40. The van der Waals surface area contributed by atoms with E-state index in [1.165, 1.54) is 0 Å². The van der Waals surface area contributed by atoms with Crippen molar-refractivity contribution in [3.63, 3.8) is 0 Å². The third-order valence-electron chi connectivity index (χ3n) is 3.35. The van der Waals surface area contributed by atoms with E-state index in [0.29, 0.717) is 12.2 Å². The Balaban J connectivity index is 1.86. The summed E-state index contributed by atoms with van der Waals surface area (Å²) in [4.78, 5) is 11.8. The molecule has 0 aliphatic carbocycles. The fraction of sp³-hybridized carbons (Fsp3) is 0.692. The maximum atomic E-state index is 11.8. The maximum Gasteiger partial charge on any atom is 0.311 e. The van der Waals surface area contributed by atoms with Crippen molar-refractivity contribution in [1.82, 2.24) is 9.78 Å². The Hall–Kier alpha value is -1.36. The molecule has 1 aliphatic rings. The van der Waals surface area contributed by atoms with Gasteiger partial charge in [-0.2, -0.15) is 5.10 Å². The van der Waals surface area contributed by atoms with Gasteiger partial charge in [-0.3, -0.25) is 9.48 Å². The number of hydrogen-bond acceptors (Lipinski definition) is 4. The highest BCUT2D eigenvalue weighted by atomic mass is 16.5. The van der Waals surface area contributed by atoms with Crippen molar-refractivity contribution in [2.75, 3.05) is 6.61 Å². The predicted octanol–water partition coefficient (Wildman–Crippen LogP) is 1.90. The van der Waals surface area contributed by atoms with Gasteiger partial charge in [0.15, 0.2) is 5.75 Å². The van der Waals surface area contributed by atoms with Crippen LogP contribution in [0.5, 0.6) is 5.75 Å². The molecule has 5 nitrogen and oxygen atoms in total. The normalized spacial score (nSPS) is 19.2. The Morgan fingerprint density at radius 2 is 2.33 bits per heavy atom. The Morgan fingerprint density at radius 3 is 2.89 bits per heavy atom. The number of aryl methyl sites for hydroxylation is 2. The minimum Gasteiger partial charge on any atom is -0.423 e. The highest BCUT2D eigenvalue weighted by Crippen LogP contribution is 2.23. The molecule has 1 aromatic heterocycles.